The highest BCUT2D eigenvalue weighted by molar-refractivity contribution is 5.78. The second-order valence-corrected chi connectivity index (χ2v) is 2.16. The van der Waals surface area contributed by atoms with Gasteiger partial charge in [-0.1, -0.05) is 20.8 Å². The van der Waals surface area contributed by atoms with E-state index in [0.717, 1.165) is 0 Å². The number of methoxy groups -OCH3 is 2. The van der Waals surface area contributed by atoms with E-state index in [0.29, 0.717) is 19.4 Å². The molecule has 0 atom stereocenters. The van der Waals surface area contributed by atoms with Crippen LogP contribution in [0.25, 0.3) is 0 Å². The number of nitrogens with two attached hydrogens (primary N) is 1. The first-order chi connectivity index (χ1) is 7.08. The third-order valence-electron chi connectivity index (χ3n) is 1.18. The van der Waals surface area contributed by atoms with Crippen molar-refractivity contribution in [1.82, 2.24) is 0 Å². The molecule has 0 saturated carbocycles. The van der Waals surface area contributed by atoms with Gasteiger partial charge in [0.2, 0.25) is 0 Å². The lowest BCUT2D eigenvalue weighted by Crippen LogP contribution is -2.08. The average Bonchev–Trinajstić information content (AvgIpc) is 2.29. The molecule has 0 aliphatic heterocycles. The molecule has 0 heterocycles. The maximum Gasteiger partial charge on any atom is 0.404 e. The predicted octanol–water partition coefficient (Wildman–Crippen LogP) is 1.74. The fraction of sp³-hybridized carbons (Fsp3) is 0.800. The van der Waals surface area contributed by atoms with E-state index in [1.807, 2.05) is 20.8 Å². The van der Waals surface area contributed by atoms with E-state index in [4.69, 9.17) is 4.74 Å². The second kappa shape index (κ2) is 18.6. The van der Waals surface area contributed by atoms with E-state index in [-0.39, 0.29) is 5.78 Å². The van der Waals surface area contributed by atoms with Crippen molar-refractivity contribution in [2.75, 3.05) is 20.8 Å². The molecule has 0 spiro atoms. The molecule has 0 aliphatic carbocycles. The van der Waals surface area contributed by atoms with Gasteiger partial charge in [-0.15, -0.1) is 0 Å². The molecular formula is C10H23NO4. The molecule has 2 N–H and O–H groups in total. The Bertz CT molecular complexity index is 148. The van der Waals surface area contributed by atoms with E-state index in [1.165, 1.54) is 7.11 Å². The van der Waals surface area contributed by atoms with Crippen molar-refractivity contribution in [3.05, 3.63) is 0 Å². The van der Waals surface area contributed by atoms with Gasteiger partial charge in [0.15, 0.2) is 0 Å². The zero-order valence-corrected chi connectivity index (χ0v) is 10.3. The highest BCUT2D eigenvalue weighted by Gasteiger charge is 1.94. The summed E-state index contributed by atoms with van der Waals surface area (Å²) in [5.41, 5.74) is 4.43. The number of ketones is 1. The summed E-state index contributed by atoms with van der Waals surface area (Å²) in [4.78, 5) is 19.9. The van der Waals surface area contributed by atoms with Crippen LogP contribution >= 0.6 is 0 Å². The van der Waals surface area contributed by atoms with Crippen molar-refractivity contribution < 1.29 is 19.1 Å². The average molecular weight is 221 g/mol. The van der Waals surface area contributed by atoms with Gasteiger partial charge >= 0.3 is 6.09 Å². The van der Waals surface area contributed by atoms with Gasteiger partial charge in [-0.05, 0) is 0 Å². The molecule has 92 valence electrons. The Morgan fingerprint density at radius 2 is 1.60 bits per heavy atom. The summed E-state index contributed by atoms with van der Waals surface area (Å²) in [5, 5.41) is 0. The second-order valence-electron chi connectivity index (χ2n) is 2.16. The highest BCUT2D eigenvalue weighted by atomic mass is 16.5. The molecule has 0 radical (unpaired) electrons. The number of carbonyl (C=O) groups is 2. The van der Waals surface area contributed by atoms with Crippen molar-refractivity contribution >= 4 is 11.9 Å². The molecule has 1 amide bonds. The molecule has 0 aliphatic rings. The number of carbonyl (C=O) groups excluding carboxylic acids is 2. The summed E-state index contributed by atoms with van der Waals surface area (Å²) < 4.78 is 8.58. The Labute approximate surface area is 91.9 Å². The molecule has 0 bridgehead atoms. The fourth-order valence-corrected chi connectivity index (χ4v) is 0.393. The first-order valence-electron chi connectivity index (χ1n) is 4.92. The van der Waals surface area contributed by atoms with E-state index in [1.54, 1.807) is 7.11 Å². The first-order valence-corrected chi connectivity index (χ1v) is 4.92. The van der Waals surface area contributed by atoms with Crippen LogP contribution in [0.4, 0.5) is 4.79 Å². The molecular weight excluding hydrogens is 198 g/mol. The van der Waals surface area contributed by atoms with Gasteiger partial charge in [0.05, 0.1) is 13.7 Å². The molecule has 0 aromatic carbocycles. The van der Waals surface area contributed by atoms with E-state index < -0.39 is 6.09 Å². The quantitative estimate of drug-likeness (QED) is 0.784. The monoisotopic (exact) mass is 221 g/mol. The summed E-state index contributed by atoms with van der Waals surface area (Å²) in [5.74, 6) is 0.270. The summed E-state index contributed by atoms with van der Waals surface area (Å²) in [6.45, 7) is 6.42. The number of ether oxygens (including phenoxy) is 2. The third kappa shape index (κ3) is 32.2. The number of rotatable bonds is 4. The Morgan fingerprint density at radius 1 is 1.20 bits per heavy atom. The van der Waals surface area contributed by atoms with Crippen molar-refractivity contribution in [2.24, 2.45) is 5.73 Å². The molecule has 0 aromatic heterocycles. The lowest BCUT2D eigenvalue weighted by atomic mass is 10.2. The van der Waals surface area contributed by atoms with E-state index in [9.17, 15) is 9.59 Å². The topological polar surface area (TPSA) is 78.6 Å². The van der Waals surface area contributed by atoms with Crippen molar-refractivity contribution in [2.45, 2.75) is 33.6 Å². The smallest absolute Gasteiger partial charge is 0.404 e. The first kappa shape index (κ1) is 19.5. The van der Waals surface area contributed by atoms with Crippen LogP contribution in [0.3, 0.4) is 0 Å². The van der Waals surface area contributed by atoms with Crippen LogP contribution in [0.15, 0.2) is 0 Å². The van der Waals surface area contributed by atoms with Gasteiger partial charge < -0.3 is 15.2 Å². The van der Waals surface area contributed by atoms with Crippen molar-refractivity contribution in [3.63, 3.8) is 0 Å². The zero-order chi connectivity index (χ0) is 12.7. The molecule has 0 unspecified atom stereocenters. The molecule has 5 nitrogen and oxygen atoms in total. The van der Waals surface area contributed by atoms with Gasteiger partial charge in [0.1, 0.15) is 5.78 Å². The normalized spacial score (nSPS) is 7.53. The molecule has 0 rings (SSSR count). The lowest BCUT2D eigenvalue weighted by Gasteiger charge is -1.93. The Hall–Kier alpha value is -1.10. The molecule has 15 heavy (non-hydrogen) atoms. The lowest BCUT2D eigenvalue weighted by molar-refractivity contribution is -0.119. The van der Waals surface area contributed by atoms with Crippen LogP contribution in [-0.4, -0.2) is 32.7 Å². The maximum absolute atomic E-state index is 10.5. The number of Topliss-reactive ketones (excluding diaryl/α,β-unsaturated/α-hetero) is 1. The largest absolute Gasteiger partial charge is 0.453 e. The summed E-state index contributed by atoms with van der Waals surface area (Å²) in [6.07, 6.45) is 0.445. The number of hydrogen-bond acceptors (Lipinski definition) is 4. The summed E-state index contributed by atoms with van der Waals surface area (Å²) in [6, 6.07) is 0. The van der Waals surface area contributed by atoms with Crippen molar-refractivity contribution in [1.29, 1.82) is 0 Å². The minimum Gasteiger partial charge on any atom is -0.453 e. The Balaban J connectivity index is -0.000000177. The van der Waals surface area contributed by atoms with Gasteiger partial charge in [-0.3, -0.25) is 4.79 Å². The minimum absolute atomic E-state index is 0.270. The molecule has 5 heteroatoms. The molecule has 0 saturated heterocycles. The van der Waals surface area contributed by atoms with Crippen LogP contribution < -0.4 is 5.73 Å². The standard InChI is InChI=1S/C6H12O2.C2H5NO2.C2H6/c1-3-6(7)4-5-8-2;1-5-2(3)4;1-2/h3-5H2,1-2H3;1H3,(H2,3,4);1-2H3. The van der Waals surface area contributed by atoms with Gasteiger partial charge in [0, 0.05) is 20.0 Å². The SMILES string of the molecule is CC.CCC(=O)CCOC.COC(N)=O. The maximum atomic E-state index is 10.5. The van der Waals surface area contributed by atoms with Crippen LogP contribution in [-0.2, 0) is 14.3 Å². The van der Waals surface area contributed by atoms with Crippen molar-refractivity contribution in [3.8, 4) is 0 Å². The van der Waals surface area contributed by atoms with Crippen LogP contribution in [0, 0.1) is 0 Å². The Morgan fingerprint density at radius 3 is 1.80 bits per heavy atom. The molecule has 0 aromatic rings. The summed E-state index contributed by atoms with van der Waals surface area (Å²) in [7, 11) is 2.82. The fourth-order valence-electron chi connectivity index (χ4n) is 0.393. The minimum atomic E-state index is -0.745. The van der Waals surface area contributed by atoms with E-state index >= 15 is 0 Å². The number of amides is 1. The van der Waals surface area contributed by atoms with Gasteiger partial charge in [-0.2, -0.15) is 0 Å². The van der Waals surface area contributed by atoms with Crippen LogP contribution in [0.2, 0.25) is 0 Å². The van der Waals surface area contributed by atoms with Gasteiger partial charge in [0.25, 0.3) is 0 Å². The van der Waals surface area contributed by atoms with Gasteiger partial charge in [-0.25, -0.2) is 4.79 Å². The zero-order valence-electron chi connectivity index (χ0n) is 10.3. The van der Waals surface area contributed by atoms with E-state index in [2.05, 4.69) is 10.5 Å². The van der Waals surface area contributed by atoms with Crippen LogP contribution in [0.5, 0.6) is 0 Å². The van der Waals surface area contributed by atoms with Crippen LogP contribution in [0.1, 0.15) is 33.6 Å². The third-order valence-corrected chi connectivity index (χ3v) is 1.18. The number of hydrogen-bond donors (Lipinski definition) is 1. The predicted molar refractivity (Wildman–Crippen MR) is 59.7 cm³/mol. The Kier molecular flexibility index (Phi) is 24.2. The summed E-state index contributed by atoms with van der Waals surface area (Å²) >= 11 is 0. The highest BCUT2D eigenvalue weighted by Crippen LogP contribution is 1.87. The molecule has 0 fully saturated rings. The number of primary amides is 1.